The van der Waals surface area contributed by atoms with Crippen LogP contribution in [0.2, 0.25) is 0 Å². The smallest absolute Gasteiger partial charge is 0.290 e. The van der Waals surface area contributed by atoms with Gasteiger partial charge in [-0.3, -0.25) is 14.3 Å². The topological polar surface area (TPSA) is 100 Å². The molecule has 0 aliphatic carbocycles. The lowest BCUT2D eigenvalue weighted by atomic mass is 9.84. The van der Waals surface area contributed by atoms with Crippen LogP contribution in [-0.4, -0.2) is 62.8 Å². The normalized spacial score (nSPS) is 21.1. The number of hydrogen-bond acceptors (Lipinski definition) is 7. The Morgan fingerprint density at radius 2 is 2.03 bits per heavy atom. The highest BCUT2D eigenvalue weighted by Gasteiger charge is 2.35. The average Bonchev–Trinajstić information content (AvgIpc) is 3.63. The van der Waals surface area contributed by atoms with Crippen molar-refractivity contribution in [2.45, 2.75) is 25.4 Å². The fourth-order valence-corrected chi connectivity index (χ4v) is 6.20. The summed E-state index contributed by atoms with van der Waals surface area (Å²) in [5.41, 5.74) is 2.55. The first-order chi connectivity index (χ1) is 16.7. The molecule has 3 aromatic heterocycles. The molecule has 3 aliphatic heterocycles. The van der Waals surface area contributed by atoms with Crippen LogP contribution in [0.4, 0.5) is 0 Å². The SMILES string of the molecule is O=C(N[C@@H]1CN2CCC1CC2)c1nn(Cc2cccs2)c2cc(-c3nccs3)ccc12.O=CO. The Kier molecular flexibility index (Phi) is 6.70. The second-order valence-corrected chi connectivity index (χ2v) is 10.4. The van der Waals surface area contributed by atoms with Crippen molar-refractivity contribution >= 4 is 46.0 Å². The Labute approximate surface area is 204 Å². The van der Waals surface area contributed by atoms with Gasteiger partial charge in [-0.15, -0.1) is 22.7 Å². The van der Waals surface area contributed by atoms with Crippen LogP contribution >= 0.6 is 22.7 Å². The number of fused-ring (bicyclic) bond motifs is 4. The Hall–Kier alpha value is -3.08. The van der Waals surface area contributed by atoms with E-state index in [9.17, 15) is 4.79 Å². The number of piperidine rings is 3. The molecular weight excluding hydrogens is 470 g/mol. The number of benzene rings is 1. The fraction of sp³-hybridized carbons (Fsp3) is 0.333. The molecule has 2 bridgehead atoms. The van der Waals surface area contributed by atoms with Gasteiger partial charge in [0.15, 0.2) is 5.69 Å². The molecule has 1 amide bonds. The van der Waals surface area contributed by atoms with Crippen LogP contribution in [0.25, 0.3) is 21.5 Å². The molecule has 0 saturated carbocycles. The van der Waals surface area contributed by atoms with E-state index in [-0.39, 0.29) is 18.4 Å². The van der Waals surface area contributed by atoms with Crippen molar-refractivity contribution in [3.8, 4) is 10.6 Å². The minimum absolute atomic E-state index is 0.0596. The van der Waals surface area contributed by atoms with E-state index in [1.165, 1.54) is 17.7 Å². The largest absolute Gasteiger partial charge is 0.483 e. The molecule has 176 valence electrons. The van der Waals surface area contributed by atoms with E-state index >= 15 is 0 Å². The predicted molar refractivity (Wildman–Crippen MR) is 133 cm³/mol. The molecule has 8 nitrogen and oxygen atoms in total. The van der Waals surface area contributed by atoms with Crippen LogP contribution < -0.4 is 5.32 Å². The number of aromatic nitrogens is 3. The van der Waals surface area contributed by atoms with Gasteiger partial charge in [-0.05, 0) is 55.4 Å². The number of amides is 1. The van der Waals surface area contributed by atoms with Gasteiger partial charge in [0.1, 0.15) is 5.01 Å². The average molecular weight is 496 g/mol. The molecule has 0 radical (unpaired) electrons. The summed E-state index contributed by atoms with van der Waals surface area (Å²) in [4.78, 5) is 29.8. The van der Waals surface area contributed by atoms with Crippen LogP contribution in [-0.2, 0) is 11.3 Å². The van der Waals surface area contributed by atoms with Crippen LogP contribution in [0.3, 0.4) is 0 Å². The van der Waals surface area contributed by atoms with Crippen LogP contribution in [0, 0.1) is 5.92 Å². The number of carbonyl (C=O) groups is 2. The quantitative estimate of drug-likeness (QED) is 0.409. The van der Waals surface area contributed by atoms with Crippen molar-refractivity contribution < 1.29 is 14.7 Å². The number of carboxylic acid groups (broad SMARTS) is 1. The first kappa shape index (κ1) is 22.7. The van der Waals surface area contributed by atoms with E-state index in [1.807, 2.05) is 34.5 Å². The van der Waals surface area contributed by atoms with Crippen molar-refractivity contribution in [1.82, 2.24) is 25.0 Å². The van der Waals surface area contributed by atoms with Crippen molar-refractivity contribution in [3.63, 3.8) is 0 Å². The van der Waals surface area contributed by atoms with Gasteiger partial charge in [-0.1, -0.05) is 12.1 Å². The van der Waals surface area contributed by atoms with Gasteiger partial charge in [0.05, 0.1) is 12.1 Å². The molecule has 0 unspecified atom stereocenters. The van der Waals surface area contributed by atoms with E-state index < -0.39 is 0 Å². The van der Waals surface area contributed by atoms with Gasteiger partial charge in [-0.25, -0.2) is 4.98 Å². The zero-order valence-corrected chi connectivity index (χ0v) is 20.1. The van der Waals surface area contributed by atoms with Crippen LogP contribution in [0.15, 0.2) is 47.3 Å². The molecule has 7 rings (SSSR count). The first-order valence-corrected chi connectivity index (χ1v) is 13.0. The van der Waals surface area contributed by atoms with Gasteiger partial charge in [0, 0.05) is 40.0 Å². The number of thiazole rings is 1. The van der Waals surface area contributed by atoms with E-state index in [4.69, 9.17) is 15.0 Å². The second kappa shape index (κ2) is 10.0. The molecule has 3 saturated heterocycles. The lowest BCUT2D eigenvalue weighted by Crippen LogP contribution is -2.57. The molecule has 6 heterocycles. The summed E-state index contributed by atoms with van der Waals surface area (Å²) in [6.45, 7) is 3.69. The second-order valence-electron chi connectivity index (χ2n) is 8.48. The number of hydrogen-bond donors (Lipinski definition) is 2. The van der Waals surface area contributed by atoms with E-state index in [2.05, 4.69) is 32.7 Å². The van der Waals surface area contributed by atoms with Crippen LogP contribution in [0.5, 0.6) is 0 Å². The van der Waals surface area contributed by atoms with Gasteiger partial charge in [0.2, 0.25) is 0 Å². The molecule has 10 heteroatoms. The fourth-order valence-electron chi connectivity index (χ4n) is 4.88. The Morgan fingerprint density at radius 3 is 2.68 bits per heavy atom. The summed E-state index contributed by atoms with van der Waals surface area (Å²) in [5.74, 6) is 0.528. The van der Waals surface area contributed by atoms with E-state index in [0.29, 0.717) is 18.2 Å². The highest BCUT2D eigenvalue weighted by Crippen LogP contribution is 2.30. The van der Waals surface area contributed by atoms with Crippen molar-refractivity contribution in [2.24, 2.45) is 5.92 Å². The predicted octanol–water partition coefficient (Wildman–Crippen LogP) is 3.79. The Balaban J connectivity index is 0.000000764. The Bertz CT molecular complexity index is 1260. The summed E-state index contributed by atoms with van der Waals surface area (Å²) >= 11 is 3.32. The third-order valence-corrected chi connectivity index (χ3v) is 8.19. The maximum atomic E-state index is 13.3. The highest BCUT2D eigenvalue weighted by molar-refractivity contribution is 7.13. The molecule has 1 atom stereocenters. The summed E-state index contributed by atoms with van der Waals surface area (Å²) in [6, 6.07) is 10.6. The maximum absolute atomic E-state index is 13.3. The summed E-state index contributed by atoms with van der Waals surface area (Å²) in [7, 11) is 0. The Morgan fingerprint density at radius 1 is 1.21 bits per heavy atom. The lowest BCUT2D eigenvalue weighted by Gasteiger charge is -2.44. The molecule has 2 N–H and O–H groups in total. The standard InChI is InChI=1S/C23H23N5OS2.CH2O2/c29-22(25-19-14-27-8-5-15(19)6-9-27)21-18-4-3-16(23-24-7-11-31-23)12-20(18)28(26-21)13-17-2-1-10-30-17;2-1-3/h1-4,7,10-12,15,19H,5-6,8-9,13-14H2,(H,25,29);1H,(H,2,3)/t19-;/m1./s1. The van der Waals surface area contributed by atoms with Crippen molar-refractivity contribution in [3.05, 3.63) is 57.9 Å². The molecular formula is C24H25N5O3S2. The van der Waals surface area contributed by atoms with E-state index in [1.54, 1.807) is 22.7 Å². The monoisotopic (exact) mass is 495 g/mol. The third kappa shape index (κ3) is 4.61. The zero-order valence-electron chi connectivity index (χ0n) is 18.5. The molecule has 34 heavy (non-hydrogen) atoms. The minimum Gasteiger partial charge on any atom is -0.483 e. The molecule has 1 aromatic carbocycles. The van der Waals surface area contributed by atoms with Crippen LogP contribution in [0.1, 0.15) is 28.2 Å². The first-order valence-electron chi connectivity index (χ1n) is 11.2. The van der Waals surface area contributed by atoms with Gasteiger partial charge >= 0.3 is 0 Å². The number of rotatable bonds is 5. The number of carbonyl (C=O) groups excluding carboxylic acids is 1. The molecule has 3 aliphatic rings. The van der Waals surface area contributed by atoms with Crippen molar-refractivity contribution in [1.29, 1.82) is 0 Å². The van der Waals surface area contributed by atoms with Gasteiger partial charge in [-0.2, -0.15) is 5.10 Å². The zero-order chi connectivity index (χ0) is 23.5. The van der Waals surface area contributed by atoms with Gasteiger partial charge in [0.25, 0.3) is 12.4 Å². The van der Waals surface area contributed by atoms with Gasteiger partial charge < -0.3 is 15.3 Å². The maximum Gasteiger partial charge on any atom is 0.290 e. The summed E-state index contributed by atoms with van der Waals surface area (Å²) < 4.78 is 1.96. The third-order valence-electron chi connectivity index (χ3n) is 6.50. The highest BCUT2D eigenvalue weighted by atomic mass is 32.1. The minimum atomic E-state index is -0.250. The molecule has 4 aromatic rings. The molecule has 0 spiro atoms. The summed E-state index contributed by atoms with van der Waals surface area (Å²) in [6.07, 6.45) is 4.17. The van der Waals surface area contributed by atoms with E-state index in [0.717, 1.165) is 41.1 Å². The lowest BCUT2D eigenvalue weighted by molar-refractivity contribution is -0.122. The number of nitrogens with one attached hydrogen (secondary N) is 1. The van der Waals surface area contributed by atoms with Crippen molar-refractivity contribution in [2.75, 3.05) is 19.6 Å². The molecule has 3 fully saturated rings. The summed E-state index contributed by atoms with van der Waals surface area (Å²) in [5, 5.41) is 20.9. The number of nitrogens with zero attached hydrogens (tertiary/aromatic N) is 4. The number of thiophene rings is 1.